The molecule has 2 heteroatoms. The minimum atomic E-state index is 0.796. The van der Waals surface area contributed by atoms with Crippen LogP contribution in [-0.4, -0.2) is 6.54 Å². The lowest BCUT2D eigenvalue weighted by Crippen LogP contribution is -2.21. The van der Waals surface area contributed by atoms with Crippen LogP contribution in [0.15, 0.2) is 49.0 Å². The molecule has 0 radical (unpaired) electrons. The molecule has 0 spiro atoms. The maximum Gasteiger partial charge on any atom is 0.0484 e. The van der Waals surface area contributed by atoms with E-state index in [4.69, 9.17) is 11.6 Å². The maximum absolute atomic E-state index is 6.24. The molecule has 0 aliphatic carbocycles. The predicted molar refractivity (Wildman–Crippen MR) is 77.6 cm³/mol. The topological polar surface area (TPSA) is 12.0 Å². The summed E-state index contributed by atoms with van der Waals surface area (Å²) in [6.45, 7) is 4.99. The van der Waals surface area contributed by atoms with Gasteiger partial charge in [0.2, 0.25) is 0 Å². The first-order chi connectivity index (χ1) is 8.75. The molecule has 0 bridgehead atoms. The number of nitrogens with one attached hydrogen (secondary N) is 1. The highest BCUT2D eigenvalue weighted by Crippen LogP contribution is 2.31. The Morgan fingerprint density at radius 1 is 1.06 bits per heavy atom. The monoisotopic (exact) mass is 255 g/mol. The Bertz CT molecular complexity index is 616. The summed E-state index contributed by atoms with van der Waals surface area (Å²) in [5, 5.41) is 4.08. The van der Waals surface area contributed by atoms with Crippen LogP contribution in [-0.2, 0) is 6.42 Å². The molecule has 0 saturated carbocycles. The Morgan fingerprint density at radius 3 is 2.72 bits per heavy atom. The average molecular weight is 256 g/mol. The molecule has 0 fully saturated rings. The van der Waals surface area contributed by atoms with E-state index in [9.17, 15) is 0 Å². The summed E-state index contributed by atoms with van der Waals surface area (Å²) in [5.41, 5.74) is 5.84. The normalized spacial score (nSPS) is 13.9. The first-order valence-electron chi connectivity index (χ1n) is 6.07. The number of rotatable bonds is 1. The molecule has 2 aromatic rings. The minimum Gasteiger partial charge on any atom is -0.385 e. The highest BCUT2D eigenvalue weighted by atomic mass is 35.5. The molecule has 0 unspecified atom stereocenters. The number of fused-ring (bicyclic) bond motifs is 1. The van der Waals surface area contributed by atoms with Crippen molar-refractivity contribution in [2.24, 2.45) is 0 Å². The minimum absolute atomic E-state index is 0.796. The van der Waals surface area contributed by atoms with E-state index in [0.29, 0.717) is 0 Å². The van der Waals surface area contributed by atoms with E-state index in [1.165, 1.54) is 16.7 Å². The number of hydrogen-bond acceptors (Lipinski definition) is 1. The van der Waals surface area contributed by atoms with Crippen LogP contribution in [0.25, 0.3) is 16.8 Å². The largest absolute Gasteiger partial charge is 0.385 e. The molecule has 1 nitrogen and oxygen atoms in total. The molecule has 0 aromatic heterocycles. The standard InChI is InChI=1S/C16H14ClN/c1-11-14-7-6-12(10-13(14)8-9-18-11)15-4-2-3-5-16(15)17/h2-7,10,18H,1,8-9H2. The molecule has 3 rings (SSSR count). The van der Waals surface area contributed by atoms with Crippen molar-refractivity contribution >= 4 is 17.3 Å². The highest BCUT2D eigenvalue weighted by molar-refractivity contribution is 6.33. The van der Waals surface area contributed by atoms with E-state index in [-0.39, 0.29) is 0 Å². The van der Waals surface area contributed by atoms with Crippen LogP contribution in [0.4, 0.5) is 0 Å². The summed E-state index contributed by atoms with van der Waals surface area (Å²) in [6.07, 6.45) is 1.03. The fraction of sp³-hybridized carbons (Fsp3) is 0.125. The van der Waals surface area contributed by atoms with Gasteiger partial charge in [-0.05, 0) is 23.6 Å². The Labute approximate surface area is 112 Å². The fourth-order valence-electron chi connectivity index (χ4n) is 2.40. The van der Waals surface area contributed by atoms with Crippen molar-refractivity contribution in [3.05, 3.63) is 65.2 Å². The van der Waals surface area contributed by atoms with Crippen LogP contribution in [0.2, 0.25) is 5.02 Å². The second-order valence-electron chi connectivity index (χ2n) is 4.51. The van der Waals surface area contributed by atoms with Crippen LogP contribution in [0.5, 0.6) is 0 Å². The Balaban J connectivity index is 2.10. The van der Waals surface area contributed by atoms with Crippen LogP contribution in [0.1, 0.15) is 11.1 Å². The first kappa shape index (κ1) is 11.4. The third kappa shape index (κ3) is 1.91. The maximum atomic E-state index is 6.24. The van der Waals surface area contributed by atoms with Crippen molar-refractivity contribution in [2.75, 3.05) is 6.54 Å². The summed E-state index contributed by atoms with van der Waals surface area (Å²) in [7, 11) is 0. The van der Waals surface area contributed by atoms with Gasteiger partial charge >= 0.3 is 0 Å². The Morgan fingerprint density at radius 2 is 1.89 bits per heavy atom. The molecular formula is C16H14ClN. The molecule has 0 atom stereocenters. The molecule has 2 aromatic carbocycles. The highest BCUT2D eigenvalue weighted by Gasteiger charge is 2.13. The summed E-state index contributed by atoms with van der Waals surface area (Å²) >= 11 is 6.24. The van der Waals surface area contributed by atoms with Crippen LogP contribution in [0, 0.1) is 0 Å². The zero-order valence-corrected chi connectivity index (χ0v) is 10.8. The van der Waals surface area contributed by atoms with Gasteiger partial charge in [0.1, 0.15) is 0 Å². The van der Waals surface area contributed by atoms with Gasteiger partial charge in [-0.1, -0.05) is 54.6 Å². The van der Waals surface area contributed by atoms with Gasteiger partial charge in [-0.15, -0.1) is 0 Å². The molecule has 90 valence electrons. The van der Waals surface area contributed by atoms with Gasteiger partial charge in [-0.3, -0.25) is 0 Å². The zero-order chi connectivity index (χ0) is 12.5. The molecule has 0 amide bonds. The molecule has 18 heavy (non-hydrogen) atoms. The molecule has 1 N–H and O–H groups in total. The van der Waals surface area contributed by atoms with Crippen LogP contribution in [0.3, 0.4) is 0 Å². The molecule has 1 heterocycles. The van der Waals surface area contributed by atoms with Crippen molar-refractivity contribution in [1.29, 1.82) is 0 Å². The number of halogens is 1. The molecule has 1 aliphatic rings. The van der Waals surface area contributed by atoms with Gasteiger partial charge in [0.05, 0.1) is 0 Å². The lowest BCUT2D eigenvalue weighted by molar-refractivity contribution is 0.816. The third-order valence-electron chi connectivity index (χ3n) is 3.35. The van der Waals surface area contributed by atoms with Gasteiger partial charge < -0.3 is 5.32 Å². The SMILES string of the molecule is C=C1NCCc2cc(-c3ccccc3Cl)ccc21. The second-order valence-corrected chi connectivity index (χ2v) is 4.91. The number of benzene rings is 2. The Kier molecular flexibility index (Phi) is 2.85. The lowest BCUT2D eigenvalue weighted by Gasteiger charge is -2.21. The summed E-state index contributed by atoms with van der Waals surface area (Å²) in [5.74, 6) is 0. The van der Waals surface area contributed by atoms with Gasteiger partial charge in [-0.25, -0.2) is 0 Å². The van der Waals surface area contributed by atoms with Gasteiger partial charge in [0, 0.05) is 28.4 Å². The first-order valence-corrected chi connectivity index (χ1v) is 6.44. The second kappa shape index (κ2) is 4.51. The lowest BCUT2D eigenvalue weighted by atomic mass is 9.94. The van der Waals surface area contributed by atoms with Gasteiger partial charge in [0.25, 0.3) is 0 Å². The smallest absolute Gasteiger partial charge is 0.0484 e. The number of hydrogen-bond donors (Lipinski definition) is 1. The zero-order valence-electron chi connectivity index (χ0n) is 10.0. The third-order valence-corrected chi connectivity index (χ3v) is 3.68. The van der Waals surface area contributed by atoms with Crippen molar-refractivity contribution in [1.82, 2.24) is 5.32 Å². The molecule has 0 saturated heterocycles. The van der Waals surface area contributed by atoms with Crippen LogP contribution < -0.4 is 5.32 Å². The molecular weight excluding hydrogens is 242 g/mol. The summed E-state index contributed by atoms with van der Waals surface area (Å²) in [6, 6.07) is 14.4. The van der Waals surface area contributed by atoms with Crippen molar-refractivity contribution < 1.29 is 0 Å². The van der Waals surface area contributed by atoms with E-state index in [0.717, 1.165) is 29.2 Å². The van der Waals surface area contributed by atoms with E-state index in [1.54, 1.807) is 0 Å². The van der Waals surface area contributed by atoms with E-state index in [1.807, 2.05) is 18.2 Å². The molecule has 1 aliphatic heterocycles. The van der Waals surface area contributed by atoms with E-state index < -0.39 is 0 Å². The quantitative estimate of drug-likeness (QED) is 0.808. The average Bonchev–Trinajstić information content (AvgIpc) is 2.39. The van der Waals surface area contributed by atoms with E-state index in [2.05, 4.69) is 36.2 Å². The Hall–Kier alpha value is -1.73. The van der Waals surface area contributed by atoms with E-state index >= 15 is 0 Å². The summed E-state index contributed by atoms with van der Waals surface area (Å²) in [4.78, 5) is 0. The summed E-state index contributed by atoms with van der Waals surface area (Å²) < 4.78 is 0. The van der Waals surface area contributed by atoms with Crippen molar-refractivity contribution in [2.45, 2.75) is 6.42 Å². The van der Waals surface area contributed by atoms with Crippen molar-refractivity contribution in [3.63, 3.8) is 0 Å². The van der Waals surface area contributed by atoms with Gasteiger partial charge in [0.15, 0.2) is 0 Å². The predicted octanol–water partition coefficient (Wildman–Crippen LogP) is 4.12. The van der Waals surface area contributed by atoms with Crippen LogP contribution >= 0.6 is 11.6 Å². The van der Waals surface area contributed by atoms with Gasteiger partial charge in [-0.2, -0.15) is 0 Å². The fourth-order valence-corrected chi connectivity index (χ4v) is 2.65. The van der Waals surface area contributed by atoms with Crippen molar-refractivity contribution in [3.8, 4) is 11.1 Å².